The van der Waals surface area contributed by atoms with Crippen molar-refractivity contribution < 1.29 is 9.47 Å². The van der Waals surface area contributed by atoms with Crippen molar-refractivity contribution in [2.24, 2.45) is 14.1 Å². The quantitative estimate of drug-likeness (QED) is 0.320. The average Bonchev–Trinajstić information content (AvgIpc) is 2.83. The molecule has 2 aromatic heterocycles. The van der Waals surface area contributed by atoms with E-state index in [2.05, 4.69) is 11.1 Å². The summed E-state index contributed by atoms with van der Waals surface area (Å²) in [6.07, 6.45) is 0. The second kappa shape index (κ2) is 9.11. The lowest BCUT2D eigenvalue weighted by molar-refractivity contribution is 0.355. The lowest BCUT2D eigenvalue weighted by Crippen LogP contribution is -2.37. The number of rotatable bonds is 6. The van der Waals surface area contributed by atoms with Crippen LogP contribution in [-0.4, -0.2) is 33.3 Å². The van der Waals surface area contributed by atoms with Gasteiger partial charge in [0.05, 0.1) is 14.2 Å². The molecule has 2 heterocycles. The minimum atomic E-state index is -0.445. The van der Waals surface area contributed by atoms with E-state index >= 15 is 0 Å². The van der Waals surface area contributed by atoms with Gasteiger partial charge in [0.1, 0.15) is 10.4 Å². The highest BCUT2D eigenvalue weighted by molar-refractivity contribution is 7.98. The Morgan fingerprint density at radius 2 is 1.70 bits per heavy atom. The van der Waals surface area contributed by atoms with E-state index in [1.165, 1.54) is 23.4 Å². The normalized spacial score (nSPS) is 11.1. The molecule has 170 valence electrons. The van der Waals surface area contributed by atoms with E-state index < -0.39 is 11.2 Å². The van der Waals surface area contributed by atoms with Crippen LogP contribution in [0, 0.1) is 6.92 Å². The second-order valence-electron chi connectivity index (χ2n) is 7.60. The Hall–Kier alpha value is -3.59. The fourth-order valence-corrected chi connectivity index (χ4v) is 4.55. The second-order valence-corrected chi connectivity index (χ2v) is 8.57. The van der Waals surface area contributed by atoms with Gasteiger partial charge in [-0.3, -0.25) is 13.9 Å². The molecule has 0 saturated heterocycles. The molecule has 0 saturated carbocycles. The van der Waals surface area contributed by atoms with Gasteiger partial charge in [0.15, 0.2) is 23.0 Å². The molecule has 0 unspecified atom stereocenters. The van der Waals surface area contributed by atoms with Crippen LogP contribution in [0.25, 0.3) is 22.4 Å². The number of aromatic nitrogens is 4. The van der Waals surface area contributed by atoms with E-state index in [0.29, 0.717) is 39.1 Å². The monoisotopic (exact) mass is 464 g/mol. The summed E-state index contributed by atoms with van der Waals surface area (Å²) in [6, 6.07) is 13.5. The summed E-state index contributed by atoms with van der Waals surface area (Å²) in [5, 5.41) is 0.837. The van der Waals surface area contributed by atoms with Crippen molar-refractivity contribution in [1.29, 1.82) is 0 Å². The van der Waals surface area contributed by atoms with Crippen LogP contribution < -0.4 is 20.7 Å². The van der Waals surface area contributed by atoms with Crippen LogP contribution in [0.2, 0.25) is 0 Å². The fourth-order valence-electron chi connectivity index (χ4n) is 3.59. The zero-order valence-electron chi connectivity index (χ0n) is 19.1. The molecule has 0 radical (unpaired) electrons. The van der Waals surface area contributed by atoms with Crippen molar-refractivity contribution >= 4 is 22.8 Å². The smallest absolute Gasteiger partial charge is 0.332 e. The number of fused-ring (bicyclic) bond motifs is 1. The molecule has 0 fully saturated rings. The highest BCUT2D eigenvalue weighted by Gasteiger charge is 2.19. The van der Waals surface area contributed by atoms with E-state index in [9.17, 15) is 9.59 Å². The van der Waals surface area contributed by atoms with Crippen molar-refractivity contribution in [2.75, 3.05) is 14.2 Å². The van der Waals surface area contributed by atoms with E-state index in [1.54, 1.807) is 33.4 Å². The summed E-state index contributed by atoms with van der Waals surface area (Å²) in [6.45, 7) is 2.04. The molecule has 0 aliphatic rings. The molecule has 9 heteroatoms. The van der Waals surface area contributed by atoms with Crippen LogP contribution in [0.1, 0.15) is 11.1 Å². The number of benzene rings is 2. The highest BCUT2D eigenvalue weighted by atomic mass is 32.2. The van der Waals surface area contributed by atoms with Crippen LogP contribution in [0.15, 0.2) is 57.1 Å². The Bertz CT molecular complexity index is 1480. The van der Waals surface area contributed by atoms with Crippen LogP contribution in [0.3, 0.4) is 0 Å². The first-order valence-corrected chi connectivity index (χ1v) is 11.2. The summed E-state index contributed by atoms with van der Waals surface area (Å²) < 4.78 is 13.2. The zero-order valence-corrected chi connectivity index (χ0v) is 19.9. The molecule has 0 aliphatic heterocycles. The number of thioether (sulfide) groups is 1. The molecule has 0 atom stereocenters. The third-order valence-corrected chi connectivity index (χ3v) is 6.41. The average molecular weight is 465 g/mol. The van der Waals surface area contributed by atoms with Crippen molar-refractivity contribution in [2.45, 2.75) is 17.7 Å². The lowest BCUT2D eigenvalue weighted by atomic mass is 10.2. The molecule has 0 N–H and O–H groups in total. The molecule has 2 aromatic carbocycles. The Morgan fingerprint density at radius 3 is 2.39 bits per heavy atom. The van der Waals surface area contributed by atoms with Crippen LogP contribution in [0.5, 0.6) is 11.5 Å². The number of ether oxygens (including phenoxy) is 2. The van der Waals surface area contributed by atoms with Crippen molar-refractivity contribution in [3.05, 3.63) is 74.4 Å². The van der Waals surface area contributed by atoms with Gasteiger partial charge in [-0.05, 0) is 30.7 Å². The van der Waals surface area contributed by atoms with Gasteiger partial charge in [-0.25, -0.2) is 14.8 Å². The van der Waals surface area contributed by atoms with Gasteiger partial charge in [-0.15, -0.1) is 11.8 Å². The summed E-state index contributed by atoms with van der Waals surface area (Å²) in [5.74, 6) is 2.12. The Labute approximate surface area is 194 Å². The van der Waals surface area contributed by atoms with Crippen LogP contribution in [0.4, 0.5) is 0 Å². The van der Waals surface area contributed by atoms with E-state index in [0.717, 1.165) is 15.7 Å². The Kier molecular flexibility index (Phi) is 6.24. The van der Waals surface area contributed by atoms with E-state index in [1.807, 2.05) is 31.2 Å². The van der Waals surface area contributed by atoms with Gasteiger partial charge in [0.25, 0.3) is 5.56 Å². The Balaban J connectivity index is 1.92. The zero-order chi connectivity index (χ0) is 23.7. The molecule has 0 amide bonds. The van der Waals surface area contributed by atoms with Crippen molar-refractivity contribution in [3.63, 3.8) is 0 Å². The van der Waals surface area contributed by atoms with E-state index in [-0.39, 0.29) is 5.65 Å². The minimum absolute atomic E-state index is 0.287. The molecule has 33 heavy (non-hydrogen) atoms. The maximum absolute atomic E-state index is 13.0. The van der Waals surface area contributed by atoms with E-state index in [4.69, 9.17) is 14.5 Å². The van der Waals surface area contributed by atoms with Gasteiger partial charge in [-0.1, -0.05) is 29.8 Å². The van der Waals surface area contributed by atoms with Crippen molar-refractivity contribution in [1.82, 2.24) is 19.1 Å². The number of hydrogen-bond acceptors (Lipinski definition) is 7. The van der Waals surface area contributed by atoms with Gasteiger partial charge < -0.3 is 9.47 Å². The molecule has 8 nitrogen and oxygen atoms in total. The first-order valence-electron chi connectivity index (χ1n) is 10.2. The number of nitrogens with zero attached hydrogens (tertiary/aromatic N) is 4. The summed E-state index contributed by atoms with van der Waals surface area (Å²) in [7, 11) is 6.18. The predicted molar refractivity (Wildman–Crippen MR) is 129 cm³/mol. The predicted octanol–water partition coefficient (Wildman–Crippen LogP) is 3.31. The standard InChI is InChI=1S/C24H24N4O4S/c1-14-7-6-8-15(11-14)13-33-22-19-21(27(2)24(30)28(3)23(19)29)25-20(26-22)16-9-10-17(31-4)18(12-16)32-5/h6-12H,13H2,1-5H3. The number of aryl methyl sites for hydroxylation is 2. The summed E-state index contributed by atoms with van der Waals surface area (Å²) in [5.41, 5.74) is 2.37. The lowest BCUT2D eigenvalue weighted by Gasteiger charge is -2.13. The fraction of sp³-hybridized carbons (Fsp3) is 0.250. The first-order chi connectivity index (χ1) is 15.8. The molecule has 0 bridgehead atoms. The van der Waals surface area contributed by atoms with Gasteiger partial charge in [0, 0.05) is 25.4 Å². The minimum Gasteiger partial charge on any atom is -0.493 e. The molecule has 0 aliphatic carbocycles. The largest absolute Gasteiger partial charge is 0.493 e. The third kappa shape index (κ3) is 4.23. The summed E-state index contributed by atoms with van der Waals surface area (Å²) >= 11 is 1.44. The molecule has 4 aromatic rings. The number of methoxy groups -OCH3 is 2. The van der Waals surface area contributed by atoms with Crippen LogP contribution >= 0.6 is 11.8 Å². The highest BCUT2D eigenvalue weighted by Crippen LogP contribution is 2.33. The van der Waals surface area contributed by atoms with Gasteiger partial charge >= 0.3 is 5.69 Å². The maximum atomic E-state index is 13.0. The first kappa shape index (κ1) is 22.6. The third-order valence-electron chi connectivity index (χ3n) is 5.37. The van der Waals surface area contributed by atoms with Crippen LogP contribution in [-0.2, 0) is 19.8 Å². The Morgan fingerprint density at radius 1 is 0.939 bits per heavy atom. The van der Waals surface area contributed by atoms with Gasteiger partial charge in [-0.2, -0.15) is 0 Å². The molecular formula is C24H24N4O4S. The SMILES string of the molecule is COc1ccc(-c2nc(SCc3cccc(C)c3)c3c(=O)n(C)c(=O)n(C)c3n2)cc1OC. The summed E-state index contributed by atoms with van der Waals surface area (Å²) in [4.78, 5) is 35.0. The number of hydrogen-bond donors (Lipinski definition) is 0. The van der Waals surface area contributed by atoms with Crippen molar-refractivity contribution in [3.8, 4) is 22.9 Å². The molecule has 4 rings (SSSR count). The van der Waals surface area contributed by atoms with Gasteiger partial charge in [0.2, 0.25) is 0 Å². The molecular weight excluding hydrogens is 440 g/mol. The maximum Gasteiger partial charge on any atom is 0.332 e. The topological polar surface area (TPSA) is 88.2 Å². The molecule has 0 spiro atoms.